The molecule has 0 spiro atoms. The summed E-state index contributed by atoms with van der Waals surface area (Å²) in [5.41, 5.74) is 6.69. The van der Waals surface area contributed by atoms with Gasteiger partial charge in [-0.05, 0) is 0 Å². The summed E-state index contributed by atoms with van der Waals surface area (Å²) < 4.78 is 0. The predicted octanol–water partition coefficient (Wildman–Crippen LogP) is 7.14. The van der Waals surface area contributed by atoms with Gasteiger partial charge < -0.3 is 49.3 Å². The van der Waals surface area contributed by atoms with Crippen LogP contribution in [0.25, 0.3) is 5.73 Å². The molecule has 1 aliphatic rings. The normalized spacial score (nSPS) is 8.09. The van der Waals surface area contributed by atoms with Gasteiger partial charge >= 0.3 is 0 Å². The van der Waals surface area contributed by atoms with Crippen molar-refractivity contribution in [3.63, 3.8) is 0 Å². The molecule has 0 saturated heterocycles. The topological polar surface area (TPSA) is 23.8 Å². The number of allylic oxidation sites excluding steroid dienone is 4. The van der Waals surface area contributed by atoms with Gasteiger partial charge in [-0.1, -0.05) is 33.9 Å². The Morgan fingerprint density at radius 1 is 0.955 bits per heavy atom. The molecule has 141 valence electrons. The Balaban J connectivity index is -0.0000000136. The van der Waals surface area contributed by atoms with Crippen LogP contribution in [0.5, 0.6) is 0 Å². The summed E-state index contributed by atoms with van der Waals surface area (Å²) >= 11 is 0. The van der Waals surface area contributed by atoms with E-state index in [2.05, 4.69) is 39.1 Å². The second-order valence-corrected chi connectivity index (χ2v) is 4.99. The van der Waals surface area contributed by atoms with Gasteiger partial charge in [0.25, 0.3) is 0 Å². The fraction of sp³-hybridized carbons (Fsp3) is 0.474. The number of hydrogen-bond acceptors (Lipinski definition) is 0. The maximum atomic E-state index is 6.94. The van der Waals surface area contributed by atoms with Crippen LogP contribution in [0.15, 0.2) is 18.2 Å². The van der Waals surface area contributed by atoms with E-state index in [1.54, 1.807) is 13.8 Å². The van der Waals surface area contributed by atoms with Gasteiger partial charge in [0.15, 0.2) is 0 Å². The predicted molar refractivity (Wildman–Crippen MR) is 112 cm³/mol. The van der Waals surface area contributed by atoms with Gasteiger partial charge in [-0.15, -0.1) is 12.0 Å². The maximum absolute atomic E-state index is 6.94. The molecule has 0 aromatic carbocycles. The standard InChI is InChI=1S/C5H5.C4H10N.C2H7Si.2C2H5.4CH3.Ti/c1-2-4-5-3-1;1-4(2,3)5;1-3-2;2*1-2;;;;;/h1-3H,4H2;5H,1-3H3;3H,1-2H3;2*1H2,2H3;4*1H3;/q2*-1;;6*-1;. The second-order valence-electron chi connectivity index (χ2n) is 3.83. The summed E-state index contributed by atoms with van der Waals surface area (Å²) in [6, 6.07) is 0. The molecule has 1 radical (unpaired) electrons. The minimum Gasteiger partial charge on any atom is -0.673 e. The third-order valence-electron chi connectivity index (χ3n) is 0.586. The average Bonchev–Trinajstić information content (AvgIpc) is 2.80. The van der Waals surface area contributed by atoms with Crippen molar-refractivity contribution in [1.29, 1.82) is 0 Å². The van der Waals surface area contributed by atoms with E-state index < -0.39 is 0 Å². The monoisotopic (exact) mass is 362 g/mol. The van der Waals surface area contributed by atoms with Crippen LogP contribution in [-0.4, -0.2) is 15.1 Å². The summed E-state index contributed by atoms with van der Waals surface area (Å²) in [4.78, 5) is 0. The van der Waals surface area contributed by atoms with Crippen molar-refractivity contribution in [2.24, 2.45) is 0 Å². The number of nitrogens with one attached hydrogen (secondary N) is 1. The Labute approximate surface area is 164 Å². The molecular formula is C19H44NSiTi-8. The molecule has 1 N–H and O–H groups in total. The fourth-order valence-corrected chi connectivity index (χ4v) is 0.340. The van der Waals surface area contributed by atoms with E-state index >= 15 is 0 Å². The molecule has 0 saturated carbocycles. The molecule has 0 atom stereocenters. The van der Waals surface area contributed by atoms with Gasteiger partial charge in [0.2, 0.25) is 0 Å². The van der Waals surface area contributed by atoms with Gasteiger partial charge in [0.1, 0.15) is 0 Å². The van der Waals surface area contributed by atoms with Crippen molar-refractivity contribution in [3.8, 4) is 0 Å². The van der Waals surface area contributed by atoms with E-state index in [4.69, 9.17) is 5.73 Å². The Morgan fingerprint density at radius 3 is 1.23 bits per heavy atom. The second kappa shape index (κ2) is 57.9. The van der Waals surface area contributed by atoms with Crippen molar-refractivity contribution < 1.29 is 21.7 Å². The zero-order chi connectivity index (χ0) is 14.7. The Bertz CT molecular complexity index is 134. The molecule has 0 bridgehead atoms. The van der Waals surface area contributed by atoms with Gasteiger partial charge in [0.05, 0.1) is 0 Å². The Hall–Kier alpha value is 0.371. The molecule has 0 aromatic rings. The first kappa shape index (κ1) is 57.1. The zero-order valence-corrected chi connectivity index (χ0v) is 20.1. The number of hydrogen-bond donors (Lipinski definition) is 0. The summed E-state index contributed by atoms with van der Waals surface area (Å²) in [6.45, 7) is 20.0. The van der Waals surface area contributed by atoms with Crippen molar-refractivity contribution >= 4 is 9.52 Å². The van der Waals surface area contributed by atoms with Crippen LogP contribution in [0.3, 0.4) is 0 Å². The molecule has 3 heteroatoms. The van der Waals surface area contributed by atoms with Gasteiger partial charge in [0, 0.05) is 31.2 Å². The van der Waals surface area contributed by atoms with E-state index in [-0.39, 0.29) is 57.0 Å². The molecule has 0 fully saturated rings. The first-order valence-electron chi connectivity index (χ1n) is 6.04. The smallest absolute Gasteiger partial charge is 0.0213 e. The van der Waals surface area contributed by atoms with Crippen LogP contribution >= 0.6 is 0 Å². The third kappa shape index (κ3) is 265. The zero-order valence-electron chi connectivity index (χ0n) is 17.4. The van der Waals surface area contributed by atoms with Crippen LogP contribution in [0, 0.1) is 49.6 Å². The molecule has 0 aliphatic heterocycles. The van der Waals surface area contributed by atoms with E-state index in [1.165, 1.54) is 0 Å². The average molecular weight is 363 g/mol. The molecule has 1 aliphatic carbocycles. The van der Waals surface area contributed by atoms with Gasteiger partial charge in [-0.25, -0.2) is 12.2 Å². The fourth-order valence-electron chi connectivity index (χ4n) is 0.340. The van der Waals surface area contributed by atoms with Gasteiger partial charge in [-0.2, -0.15) is 19.9 Å². The summed E-state index contributed by atoms with van der Waals surface area (Å²) in [5, 5.41) is 0. The quantitative estimate of drug-likeness (QED) is 0.323. The Morgan fingerprint density at radius 2 is 1.18 bits per heavy atom. The van der Waals surface area contributed by atoms with Crippen molar-refractivity contribution in [2.75, 3.05) is 0 Å². The van der Waals surface area contributed by atoms with Crippen molar-refractivity contribution in [1.82, 2.24) is 0 Å². The van der Waals surface area contributed by atoms with Crippen LogP contribution in [0.1, 0.15) is 41.0 Å². The molecular weight excluding hydrogens is 318 g/mol. The minimum atomic E-state index is -0.250. The molecule has 0 unspecified atom stereocenters. The largest absolute Gasteiger partial charge is 0.673 e. The maximum Gasteiger partial charge on any atom is 0.0213 e. The first-order valence-corrected chi connectivity index (χ1v) is 8.35. The summed E-state index contributed by atoms with van der Waals surface area (Å²) in [5.74, 6) is 0. The van der Waals surface area contributed by atoms with E-state index in [1.807, 2.05) is 32.9 Å². The molecule has 1 nitrogen and oxygen atoms in total. The molecule has 0 aromatic heterocycles. The van der Waals surface area contributed by atoms with E-state index in [0.29, 0.717) is 0 Å². The van der Waals surface area contributed by atoms with Crippen LogP contribution < -0.4 is 0 Å². The van der Waals surface area contributed by atoms with Crippen molar-refractivity contribution in [3.05, 3.63) is 73.6 Å². The summed E-state index contributed by atoms with van der Waals surface area (Å²) in [6.07, 6.45) is 10.0. The first-order chi connectivity index (χ1) is 7.91. The molecule has 0 heterocycles. The van der Waals surface area contributed by atoms with Crippen LogP contribution in [0.2, 0.25) is 13.1 Å². The van der Waals surface area contributed by atoms with Gasteiger partial charge in [-0.3, -0.25) is 6.08 Å². The molecule has 1 rings (SSSR count). The third-order valence-corrected chi connectivity index (χ3v) is 0.586. The minimum absolute atomic E-state index is 0. The van der Waals surface area contributed by atoms with Crippen molar-refractivity contribution in [2.45, 2.75) is 59.7 Å². The van der Waals surface area contributed by atoms with E-state index in [0.717, 1.165) is 15.9 Å². The molecule has 22 heavy (non-hydrogen) atoms. The van der Waals surface area contributed by atoms with Crippen LogP contribution in [0.4, 0.5) is 0 Å². The number of rotatable bonds is 0. The Kier molecular flexibility index (Phi) is 151. The summed E-state index contributed by atoms with van der Waals surface area (Å²) in [7, 11) is 0.750. The van der Waals surface area contributed by atoms with Crippen LogP contribution in [-0.2, 0) is 21.7 Å². The van der Waals surface area contributed by atoms with E-state index in [9.17, 15) is 0 Å². The SMILES string of the molecule is CC(C)(C)[NH-].C[SiH]C.[C-]1=CC=CC1.[CH2-]C.[CH2-]C.[CH3-].[CH3-].[CH3-].[CH3-].[Ti]. The molecule has 0 amide bonds.